The molecule has 0 saturated carbocycles. The molecule has 2 amide bonds. The Hall–Kier alpha value is -2.81. The standard InChI is InChI=1S/C20H26ClN5O4/c21-15-6-5-7-16(12-15)22-18(13-26(29)30)23-17-8-1-2-11-25(20(17)28)14-19(27)24-9-3-4-10-24/h5-7,12-13,17,22-23H,1-4,8-11,14H2. The van der Waals surface area contributed by atoms with Gasteiger partial charge in [0.25, 0.3) is 6.20 Å². The first-order valence-electron chi connectivity index (χ1n) is 10.1. The van der Waals surface area contributed by atoms with Crippen molar-refractivity contribution in [2.45, 2.75) is 38.1 Å². The Kier molecular flexibility index (Phi) is 7.51. The number of benzene rings is 1. The van der Waals surface area contributed by atoms with Crippen molar-refractivity contribution in [3.63, 3.8) is 0 Å². The summed E-state index contributed by atoms with van der Waals surface area (Å²) in [4.78, 5) is 39.4. The topological polar surface area (TPSA) is 108 Å². The molecule has 1 unspecified atom stereocenters. The second kappa shape index (κ2) is 10.3. The number of nitro groups is 1. The van der Waals surface area contributed by atoms with Crippen molar-refractivity contribution in [3.05, 3.63) is 51.4 Å². The van der Waals surface area contributed by atoms with Crippen LogP contribution in [0, 0.1) is 10.1 Å². The third kappa shape index (κ3) is 6.09. The maximum atomic E-state index is 13.1. The highest BCUT2D eigenvalue weighted by molar-refractivity contribution is 6.30. The highest BCUT2D eigenvalue weighted by atomic mass is 35.5. The van der Waals surface area contributed by atoms with Gasteiger partial charge in [0, 0.05) is 30.3 Å². The number of anilines is 1. The summed E-state index contributed by atoms with van der Waals surface area (Å²) in [6.45, 7) is 2.03. The molecule has 0 radical (unpaired) electrons. The number of hydrogen-bond acceptors (Lipinski definition) is 6. The van der Waals surface area contributed by atoms with Crippen molar-refractivity contribution in [3.8, 4) is 0 Å². The van der Waals surface area contributed by atoms with E-state index in [0.29, 0.717) is 23.7 Å². The van der Waals surface area contributed by atoms with Crippen LogP contribution in [0.4, 0.5) is 5.69 Å². The van der Waals surface area contributed by atoms with Gasteiger partial charge in [-0.15, -0.1) is 0 Å². The molecule has 2 fully saturated rings. The van der Waals surface area contributed by atoms with Crippen LogP contribution in [0.2, 0.25) is 5.02 Å². The number of amides is 2. The van der Waals surface area contributed by atoms with Crippen LogP contribution in [0.15, 0.2) is 36.3 Å². The van der Waals surface area contributed by atoms with Gasteiger partial charge in [0.1, 0.15) is 6.04 Å². The Bertz CT molecular complexity index is 825. The molecule has 0 spiro atoms. The minimum absolute atomic E-state index is 0.0420. The van der Waals surface area contributed by atoms with Gasteiger partial charge in [0.2, 0.25) is 11.8 Å². The molecule has 1 atom stereocenters. The van der Waals surface area contributed by atoms with Gasteiger partial charge in [-0.1, -0.05) is 17.7 Å². The molecule has 9 nitrogen and oxygen atoms in total. The van der Waals surface area contributed by atoms with E-state index in [1.807, 2.05) is 0 Å². The molecule has 162 valence electrons. The van der Waals surface area contributed by atoms with Crippen molar-refractivity contribution >= 4 is 29.1 Å². The van der Waals surface area contributed by atoms with Crippen LogP contribution >= 0.6 is 11.6 Å². The van der Waals surface area contributed by atoms with Crippen LogP contribution < -0.4 is 10.6 Å². The number of halogens is 1. The molecule has 30 heavy (non-hydrogen) atoms. The lowest BCUT2D eigenvalue weighted by atomic mass is 10.1. The SMILES string of the molecule is O=C(CN1CCCCC(NC(=C[N+](=O)[O-])Nc2cccc(Cl)c2)C1=O)N1CCCC1. The molecular formula is C20H26ClN5O4. The predicted octanol–water partition coefficient (Wildman–Crippen LogP) is 2.42. The number of carbonyl (C=O) groups is 2. The third-order valence-electron chi connectivity index (χ3n) is 5.23. The van der Waals surface area contributed by atoms with Gasteiger partial charge in [0.15, 0.2) is 5.82 Å². The highest BCUT2D eigenvalue weighted by Gasteiger charge is 2.30. The zero-order valence-electron chi connectivity index (χ0n) is 16.7. The zero-order chi connectivity index (χ0) is 21.5. The van der Waals surface area contributed by atoms with Gasteiger partial charge >= 0.3 is 0 Å². The van der Waals surface area contributed by atoms with E-state index in [0.717, 1.165) is 45.0 Å². The largest absolute Gasteiger partial charge is 0.355 e. The molecule has 2 saturated heterocycles. The summed E-state index contributed by atoms with van der Waals surface area (Å²) in [6.07, 6.45) is 4.87. The molecule has 3 rings (SSSR count). The van der Waals surface area contributed by atoms with E-state index in [-0.39, 0.29) is 24.2 Å². The molecule has 10 heteroatoms. The molecule has 0 bridgehead atoms. The molecule has 2 aliphatic rings. The van der Waals surface area contributed by atoms with Crippen molar-refractivity contribution in [1.82, 2.24) is 15.1 Å². The third-order valence-corrected chi connectivity index (χ3v) is 5.47. The Balaban J connectivity index is 1.69. The van der Waals surface area contributed by atoms with Crippen molar-refractivity contribution in [2.24, 2.45) is 0 Å². The maximum Gasteiger partial charge on any atom is 0.274 e. The summed E-state index contributed by atoms with van der Waals surface area (Å²) in [5.74, 6) is -0.171. The number of nitrogens with one attached hydrogen (secondary N) is 2. The molecule has 1 aromatic rings. The van der Waals surface area contributed by atoms with Crippen LogP contribution in [0.25, 0.3) is 0 Å². The lowest BCUT2D eigenvalue weighted by molar-refractivity contribution is -0.403. The molecule has 0 aromatic heterocycles. The van der Waals surface area contributed by atoms with Gasteiger partial charge in [-0.2, -0.15) is 0 Å². The molecule has 2 heterocycles. The zero-order valence-corrected chi connectivity index (χ0v) is 17.4. The van der Waals surface area contributed by atoms with E-state index in [4.69, 9.17) is 11.6 Å². The summed E-state index contributed by atoms with van der Waals surface area (Å²) < 4.78 is 0. The van der Waals surface area contributed by atoms with Crippen LogP contribution in [-0.4, -0.2) is 58.8 Å². The summed E-state index contributed by atoms with van der Waals surface area (Å²) in [5.41, 5.74) is 0.560. The summed E-state index contributed by atoms with van der Waals surface area (Å²) in [6, 6.07) is 6.11. The predicted molar refractivity (Wildman–Crippen MR) is 113 cm³/mol. The van der Waals surface area contributed by atoms with E-state index in [2.05, 4.69) is 10.6 Å². The second-order valence-electron chi connectivity index (χ2n) is 7.50. The fourth-order valence-electron chi connectivity index (χ4n) is 3.75. The maximum absolute atomic E-state index is 13.1. The number of carbonyl (C=O) groups excluding carboxylic acids is 2. The first kappa shape index (κ1) is 21.9. The Labute approximate surface area is 180 Å². The molecule has 2 aliphatic heterocycles. The van der Waals surface area contributed by atoms with E-state index in [9.17, 15) is 19.7 Å². The first-order valence-corrected chi connectivity index (χ1v) is 10.5. The number of nitrogens with zero attached hydrogens (tertiary/aromatic N) is 3. The van der Waals surface area contributed by atoms with Crippen LogP contribution in [-0.2, 0) is 9.59 Å². The van der Waals surface area contributed by atoms with E-state index in [1.54, 1.807) is 34.1 Å². The number of hydrogen-bond donors (Lipinski definition) is 2. The molecule has 1 aromatic carbocycles. The van der Waals surface area contributed by atoms with Crippen LogP contribution in [0.3, 0.4) is 0 Å². The minimum atomic E-state index is -0.656. The normalized spacial score (nSPS) is 20.1. The van der Waals surface area contributed by atoms with E-state index >= 15 is 0 Å². The summed E-state index contributed by atoms with van der Waals surface area (Å²) in [7, 11) is 0. The average Bonchev–Trinajstić information content (AvgIpc) is 3.17. The molecule has 2 N–H and O–H groups in total. The first-order chi connectivity index (χ1) is 14.4. The van der Waals surface area contributed by atoms with E-state index in [1.165, 1.54) is 0 Å². The lowest BCUT2D eigenvalue weighted by Crippen LogP contribution is -2.49. The fraction of sp³-hybridized carbons (Fsp3) is 0.500. The van der Waals surface area contributed by atoms with E-state index < -0.39 is 11.0 Å². The quantitative estimate of drug-likeness (QED) is 0.503. The minimum Gasteiger partial charge on any atom is -0.355 e. The Morgan fingerprint density at radius 1 is 1.23 bits per heavy atom. The monoisotopic (exact) mass is 435 g/mol. The summed E-state index contributed by atoms with van der Waals surface area (Å²) >= 11 is 5.98. The summed E-state index contributed by atoms with van der Waals surface area (Å²) in [5, 5.41) is 17.5. The van der Waals surface area contributed by atoms with Crippen molar-refractivity contribution in [2.75, 3.05) is 31.5 Å². The van der Waals surface area contributed by atoms with Gasteiger partial charge < -0.3 is 20.4 Å². The number of rotatable bonds is 7. The smallest absolute Gasteiger partial charge is 0.274 e. The van der Waals surface area contributed by atoms with Gasteiger partial charge in [-0.05, 0) is 50.3 Å². The Morgan fingerprint density at radius 2 is 1.97 bits per heavy atom. The van der Waals surface area contributed by atoms with Crippen molar-refractivity contribution < 1.29 is 14.5 Å². The second-order valence-corrected chi connectivity index (χ2v) is 7.94. The van der Waals surface area contributed by atoms with Crippen LogP contribution in [0.5, 0.6) is 0 Å². The van der Waals surface area contributed by atoms with Gasteiger partial charge in [0.05, 0.1) is 11.5 Å². The van der Waals surface area contributed by atoms with Crippen LogP contribution in [0.1, 0.15) is 32.1 Å². The number of likely N-dealkylation sites (tertiary alicyclic amines) is 2. The Morgan fingerprint density at radius 3 is 2.67 bits per heavy atom. The molecular weight excluding hydrogens is 410 g/mol. The van der Waals surface area contributed by atoms with Gasteiger partial charge in [-0.3, -0.25) is 19.7 Å². The fourth-order valence-corrected chi connectivity index (χ4v) is 3.94. The van der Waals surface area contributed by atoms with Crippen molar-refractivity contribution in [1.29, 1.82) is 0 Å². The molecule has 0 aliphatic carbocycles. The lowest BCUT2D eigenvalue weighted by Gasteiger charge is -2.27. The average molecular weight is 436 g/mol. The highest BCUT2D eigenvalue weighted by Crippen LogP contribution is 2.18. The van der Waals surface area contributed by atoms with Gasteiger partial charge in [-0.25, -0.2) is 0 Å².